The molecule has 3 aromatic rings. The molecular weight excluding hydrogens is 348 g/mol. The maximum absolute atomic E-state index is 5.71. The van der Waals surface area contributed by atoms with Crippen LogP contribution >= 0.6 is 27.7 Å². The van der Waals surface area contributed by atoms with Crippen LogP contribution in [0.4, 0.5) is 0 Å². The first-order valence-corrected chi connectivity index (χ1v) is 8.27. The van der Waals surface area contributed by atoms with E-state index in [1.54, 1.807) is 11.8 Å². The molecule has 0 amide bonds. The molecule has 0 unspecified atom stereocenters. The fourth-order valence-electron chi connectivity index (χ4n) is 1.84. The van der Waals surface area contributed by atoms with Crippen LogP contribution in [0, 0.1) is 6.92 Å². The normalized spacial score (nSPS) is 10.8. The zero-order valence-corrected chi connectivity index (χ0v) is 13.8. The lowest BCUT2D eigenvalue weighted by molar-refractivity contribution is 0.465. The van der Waals surface area contributed by atoms with E-state index < -0.39 is 0 Å². The lowest BCUT2D eigenvalue weighted by Crippen LogP contribution is -1.81. The second-order valence-electron chi connectivity index (χ2n) is 4.63. The lowest BCUT2D eigenvalue weighted by Gasteiger charge is -1.99. The first-order chi connectivity index (χ1) is 10.2. The topological polar surface area (TPSA) is 38.9 Å². The van der Waals surface area contributed by atoms with Gasteiger partial charge in [0.15, 0.2) is 0 Å². The van der Waals surface area contributed by atoms with E-state index in [1.807, 2.05) is 24.3 Å². The zero-order valence-electron chi connectivity index (χ0n) is 11.4. The van der Waals surface area contributed by atoms with Crippen LogP contribution in [0.5, 0.6) is 0 Å². The van der Waals surface area contributed by atoms with E-state index >= 15 is 0 Å². The van der Waals surface area contributed by atoms with Crippen molar-refractivity contribution >= 4 is 27.7 Å². The van der Waals surface area contributed by atoms with Gasteiger partial charge in [-0.2, -0.15) is 0 Å². The molecule has 0 radical (unpaired) electrons. The van der Waals surface area contributed by atoms with E-state index in [4.69, 9.17) is 4.42 Å². The Morgan fingerprint density at radius 1 is 1.05 bits per heavy atom. The summed E-state index contributed by atoms with van der Waals surface area (Å²) in [5.74, 6) is 1.35. The summed E-state index contributed by atoms with van der Waals surface area (Å²) in [4.78, 5) is 0. The first kappa shape index (κ1) is 14.4. The van der Waals surface area contributed by atoms with Crippen LogP contribution in [0.15, 0.2) is 62.6 Å². The Morgan fingerprint density at radius 2 is 1.81 bits per heavy atom. The van der Waals surface area contributed by atoms with E-state index in [1.165, 1.54) is 11.1 Å². The second kappa shape index (κ2) is 6.45. The van der Waals surface area contributed by atoms with Crippen LogP contribution in [-0.4, -0.2) is 10.2 Å². The zero-order chi connectivity index (χ0) is 14.7. The van der Waals surface area contributed by atoms with E-state index in [9.17, 15) is 0 Å². The Kier molecular flexibility index (Phi) is 4.41. The number of hydrogen-bond acceptors (Lipinski definition) is 4. The predicted octanol–water partition coefficient (Wildman–Crippen LogP) is 5.10. The van der Waals surface area contributed by atoms with Crippen LogP contribution in [0.2, 0.25) is 0 Å². The highest BCUT2D eigenvalue weighted by Gasteiger charge is 2.11. The smallest absolute Gasteiger partial charge is 0.277 e. The molecule has 0 aliphatic carbocycles. The van der Waals surface area contributed by atoms with Crippen molar-refractivity contribution in [2.24, 2.45) is 0 Å². The summed E-state index contributed by atoms with van der Waals surface area (Å²) in [6.07, 6.45) is 0. The van der Waals surface area contributed by atoms with E-state index in [-0.39, 0.29) is 0 Å². The van der Waals surface area contributed by atoms with Gasteiger partial charge in [-0.15, -0.1) is 10.2 Å². The van der Waals surface area contributed by atoms with Crippen molar-refractivity contribution in [1.29, 1.82) is 0 Å². The minimum atomic E-state index is 0.536. The predicted molar refractivity (Wildman–Crippen MR) is 88.2 cm³/mol. The van der Waals surface area contributed by atoms with Crippen LogP contribution in [0.25, 0.3) is 11.5 Å². The lowest BCUT2D eigenvalue weighted by atomic mass is 10.2. The van der Waals surface area contributed by atoms with Crippen molar-refractivity contribution in [3.8, 4) is 11.5 Å². The average Bonchev–Trinajstić information content (AvgIpc) is 2.96. The molecule has 2 aromatic carbocycles. The molecule has 0 fully saturated rings. The summed E-state index contributed by atoms with van der Waals surface area (Å²) < 4.78 is 6.65. The third-order valence-electron chi connectivity index (χ3n) is 2.99. The summed E-state index contributed by atoms with van der Waals surface area (Å²) in [5.41, 5.74) is 3.41. The molecule has 0 aliphatic heterocycles. The highest BCUT2D eigenvalue weighted by atomic mass is 79.9. The second-order valence-corrected chi connectivity index (χ2v) is 6.41. The molecule has 3 nitrogen and oxygen atoms in total. The van der Waals surface area contributed by atoms with E-state index in [0.29, 0.717) is 11.1 Å². The van der Waals surface area contributed by atoms with Crippen molar-refractivity contribution in [3.05, 3.63) is 64.1 Å². The summed E-state index contributed by atoms with van der Waals surface area (Å²) in [6, 6.07) is 16.3. The fraction of sp³-hybridized carbons (Fsp3) is 0.125. The average molecular weight is 361 g/mol. The Bertz CT molecular complexity index is 740. The summed E-state index contributed by atoms with van der Waals surface area (Å²) in [7, 11) is 0. The third-order valence-corrected chi connectivity index (χ3v) is 4.57. The standard InChI is InChI=1S/C16H13BrN2OS/c1-11-6-8-12(9-7-11)10-21-16-19-18-15(20-16)13-4-2-3-5-14(13)17/h2-9H,10H2,1H3. The molecule has 5 heteroatoms. The number of thioether (sulfide) groups is 1. The summed E-state index contributed by atoms with van der Waals surface area (Å²) in [5, 5.41) is 8.78. The number of aryl methyl sites for hydroxylation is 1. The number of rotatable bonds is 4. The van der Waals surface area contributed by atoms with Gasteiger partial charge >= 0.3 is 0 Å². The molecule has 0 saturated carbocycles. The van der Waals surface area contributed by atoms with Crippen LogP contribution in [-0.2, 0) is 5.75 Å². The van der Waals surface area contributed by atoms with E-state index in [0.717, 1.165) is 15.8 Å². The van der Waals surface area contributed by atoms with Gasteiger partial charge in [-0.1, -0.05) is 53.7 Å². The van der Waals surface area contributed by atoms with Crippen LogP contribution in [0.1, 0.15) is 11.1 Å². The molecule has 3 rings (SSSR count). The first-order valence-electron chi connectivity index (χ1n) is 6.49. The van der Waals surface area contributed by atoms with Crippen molar-refractivity contribution in [3.63, 3.8) is 0 Å². The Labute approximate surface area is 135 Å². The molecule has 21 heavy (non-hydrogen) atoms. The Balaban J connectivity index is 1.71. The highest BCUT2D eigenvalue weighted by Crippen LogP contribution is 2.29. The quantitative estimate of drug-likeness (QED) is 0.606. The molecule has 0 N–H and O–H groups in total. The van der Waals surface area contributed by atoms with Crippen molar-refractivity contribution in [2.75, 3.05) is 0 Å². The number of nitrogens with zero attached hydrogens (tertiary/aromatic N) is 2. The maximum atomic E-state index is 5.71. The molecule has 0 spiro atoms. The van der Waals surface area contributed by atoms with Gasteiger partial charge in [0.2, 0.25) is 5.89 Å². The maximum Gasteiger partial charge on any atom is 0.277 e. The summed E-state index contributed by atoms with van der Waals surface area (Å²) in [6.45, 7) is 2.08. The Hall–Kier alpha value is -1.59. The van der Waals surface area contributed by atoms with Crippen molar-refractivity contribution < 1.29 is 4.42 Å². The summed E-state index contributed by atoms with van der Waals surface area (Å²) >= 11 is 5.04. The van der Waals surface area contributed by atoms with Crippen molar-refractivity contribution in [2.45, 2.75) is 17.9 Å². The number of hydrogen-bond donors (Lipinski definition) is 0. The molecular formula is C16H13BrN2OS. The van der Waals surface area contributed by atoms with Gasteiger partial charge in [-0.25, -0.2) is 0 Å². The van der Waals surface area contributed by atoms with E-state index in [2.05, 4.69) is 57.3 Å². The van der Waals surface area contributed by atoms with Gasteiger partial charge in [0, 0.05) is 10.2 Å². The fourth-order valence-corrected chi connectivity index (χ4v) is 3.01. The highest BCUT2D eigenvalue weighted by molar-refractivity contribution is 9.10. The van der Waals surface area contributed by atoms with Gasteiger partial charge in [0.1, 0.15) is 0 Å². The van der Waals surface area contributed by atoms with Crippen LogP contribution in [0.3, 0.4) is 0 Å². The third kappa shape index (κ3) is 3.54. The number of halogens is 1. The largest absolute Gasteiger partial charge is 0.411 e. The van der Waals surface area contributed by atoms with Gasteiger partial charge in [-0.3, -0.25) is 0 Å². The Morgan fingerprint density at radius 3 is 2.57 bits per heavy atom. The van der Waals surface area contributed by atoms with Gasteiger partial charge < -0.3 is 4.42 Å². The number of benzene rings is 2. The monoisotopic (exact) mass is 360 g/mol. The minimum Gasteiger partial charge on any atom is -0.411 e. The molecule has 0 saturated heterocycles. The molecule has 0 aliphatic rings. The SMILES string of the molecule is Cc1ccc(CSc2nnc(-c3ccccc3Br)o2)cc1. The molecule has 0 atom stereocenters. The van der Waals surface area contributed by atoms with Crippen molar-refractivity contribution in [1.82, 2.24) is 10.2 Å². The number of aromatic nitrogens is 2. The van der Waals surface area contributed by atoms with Gasteiger partial charge in [-0.05, 0) is 40.5 Å². The molecule has 1 heterocycles. The van der Waals surface area contributed by atoms with Gasteiger partial charge in [0.25, 0.3) is 5.22 Å². The molecule has 106 valence electrons. The van der Waals surface area contributed by atoms with Gasteiger partial charge in [0.05, 0.1) is 5.56 Å². The molecule has 0 bridgehead atoms. The minimum absolute atomic E-state index is 0.536. The molecule has 1 aromatic heterocycles. The van der Waals surface area contributed by atoms with Crippen LogP contribution < -0.4 is 0 Å².